The average Bonchev–Trinajstić information content (AvgIpc) is 3.51. The first-order valence-corrected chi connectivity index (χ1v) is 15.3. The van der Waals surface area contributed by atoms with E-state index in [4.69, 9.17) is 0 Å². The Kier molecular flexibility index (Phi) is 6.12. The lowest BCUT2D eigenvalue weighted by Gasteiger charge is -2.08. The fourth-order valence-corrected chi connectivity index (χ4v) is 6.73. The van der Waals surface area contributed by atoms with Crippen LogP contribution in [-0.2, 0) is 0 Å². The zero-order valence-corrected chi connectivity index (χ0v) is 24.6. The summed E-state index contributed by atoms with van der Waals surface area (Å²) in [6, 6.07) is 35.8. The summed E-state index contributed by atoms with van der Waals surface area (Å²) in [5.41, 5.74) is 8.83. The third kappa shape index (κ3) is 4.40. The molecule has 1 unspecified atom stereocenters. The van der Waals surface area contributed by atoms with E-state index in [2.05, 4.69) is 164 Å². The molecule has 2 aromatic heterocycles. The van der Waals surface area contributed by atoms with Crippen molar-refractivity contribution in [2.24, 2.45) is 5.92 Å². The lowest BCUT2D eigenvalue weighted by Crippen LogP contribution is -2.26. The Hall–Kier alpha value is -5.14. The normalized spacial score (nSPS) is 18.5. The summed E-state index contributed by atoms with van der Waals surface area (Å²) in [5, 5.41) is 9.14. The molecule has 0 N–H and O–H groups in total. The van der Waals surface area contributed by atoms with E-state index in [-0.39, 0.29) is 0 Å². The first kappa shape index (κ1) is 25.6. The predicted octanol–water partition coefficient (Wildman–Crippen LogP) is 9.70. The Morgan fingerprint density at radius 2 is 1.51 bits per heavy atom. The van der Waals surface area contributed by atoms with Crippen molar-refractivity contribution in [2.45, 2.75) is 20.3 Å². The highest BCUT2D eigenvalue weighted by atomic mass is 14.9. The van der Waals surface area contributed by atoms with Gasteiger partial charge < -0.3 is 4.40 Å². The third-order valence-corrected chi connectivity index (χ3v) is 8.94. The molecule has 1 aliphatic rings. The summed E-state index contributed by atoms with van der Waals surface area (Å²) in [4.78, 5) is 0. The first-order valence-electron chi connectivity index (χ1n) is 15.3. The zero-order chi connectivity index (χ0) is 28.9. The number of allylic oxidation sites excluding steroid dienone is 4. The van der Waals surface area contributed by atoms with Crippen LogP contribution < -0.4 is 10.6 Å². The first-order chi connectivity index (χ1) is 21.1. The van der Waals surface area contributed by atoms with Crippen LogP contribution in [0.4, 0.5) is 0 Å². The van der Waals surface area contributed by atoms with Crippen LogP contribution in [-0.4, -0.2) is 4.40 Å². The average molecular weight is 552 g/mol. The highest BCUT2D eigenvalue weighted by Gasteiger charge is 2.18. The van der Waals surface area contributed by atoms with Crippen LogP contribution in [0.25, 0.3) is 73.4 Å². The molecule has 0 fully saturated rings. The summed E-state index contributed by atoms with van der Waals surface area (Å²) >= 11 is 0. The molecule has 0 bridgehead atoms. The summed E-state index contributed by atoms with van der Waals surface area (Å²) in [7, 11) is 0. The van der Waals surface area contributed by atoms with E-state index in [0.717, 1.165) is 6.42 Å². The molecule has 7 aromatic rings. The van der Waals surface area contributed by atoms with Crippen molar-refractivity contribution in [3.63, 3.8) is 0 Å². The number of aryl methyl sites for hydroxylation is 1. The molecule has 2 heterocycles. The molecule has 5 aromatic carbocycles. The topological polar surface area (TPSA) is 4.41 Å². The van der Waals surface area contributed by atoms with E-state index in [1.54, 1.807) is 0 Å². The second kappa shape index (κ2) is 10.3. The zero-order valence-electron chi connectivity index (χ0n) is 24.6. The SMILES string of the molecule is Cc1ccc(-c2cc3c4/c(n5c6cc7ccccc7cc6c(c2)c35)=C\C/C=C\C=C/C(C)/C=4)cc1/C=C\c1ccccc1. The Balaban J connectivity index is 1.44. The highest BCUT2D eigenvalue weighted by Crippen LogP contribution is 2.37. The van der Waals surface area contributed by atoms with E-state index in [1.807, 2.05) is 0 Å². The van der Waals surface area contributed by atoms with Crippen LogP contribution in [0.3, 0.4) is 0 Å². The van der Waals surface area contributed by atoms with Gasteiger partial charge in [0.2, 0.25) is 0 Å². The quantitative estimate of drug-likeness (QED) is 0.193. The molecular weight excluding hydrogens is 518 g/mol. The highest BCUT2D eigenvalue weighted by molar-refractivity contribution is 6.18. The lowest BCUT2D eigenvalue weighted by atomic mass is 9.95. The van der Waals surface area contributed by atoms with Crippen molar-refractivity contribution in [3.8, 4) is 11.1 Å². The monoisotopic (exact) mass is 551 g/mol. The minimum absolute atomic E-state index is 0.325. The third-order valence-electron chi connectivity index (χ3n) is 8.94. The van der Waals surface area contributed by atoms with Gasteiger partial charge in [-0.15, -0.1) is 0 Å². The van der Waals surface area contributed by atoms with Crippen molar-refractivity contribution in [2.75, 3.05) is 0 Å². The Labute approximate surface area is 252 Å². The van der Waals surface area contributed by atoms with Gasteiger partial charge in [0.15, 0.2) is 0 Å². The van der Waals surface area contributed by atoms with Crippen LogP contribution in [0.1, 0.15) is 30.0 Å². The lowest BCUT2D eigenvalue weighted by molar-refractivity contribution is 0.993. The van der Waals surface area contributed by atoms with E-state index in [1.165, 1.54) is 76.3 Å². The van der Waals surface area contributed by atoms with Gasteiger partial charge >= 0.3 is 0 Å². The Morgan fingerprint density at radius 3 is 2.37 bits per heavy atom. The maximum atomic E-state index is 2.52. The van der Waals surface area contributed by atoms with Gasteiger partial charge in [0.1, 0.15) is 0 Å². The molecule has 0 spiro atoms. The molecule has 43 heavy (non-hydrogen) atoms. The van der Waals surface area contributed by atoms with Crippen molar-refractivity contribution in [1.29, 1.82) is 0 Å². The van der Waals surface area contributed by atoms with Crippen LogP contribution >= 0.6 is 0 Å². The van der Waals surface area contributed by atoms with Crippen molar-refractivity contribution in [3.05, 3.63) is 149 Å². The maximum absolute atomic E-state index is 2.52. The van der Waals surface area contributed by atoms with Crippen LogP contribution in [0, 0.1) is 12.8 Å². The summed E-state index contributed by atoms with van der Waals surface area (Å²) < 4.78 is 2.52. The Morgan fingerprint density at radius 1 is 0.721 bits per heavy atom. The minimum atomic E-state index is 0.325. The number of aromatic nitrogens is 1. The van der Waals surface area contributed by atoms with Crippen molar-refractivity contribution >= 4 is 62.3 Å². The van der Waals surface area contributed by atoms with Gasteiger partial charge in [0.05, 0.1) is 16.4 Å². The van der Waals surface area contributed by atoms with E-state index < -0.39 is 0 Å². The molecule has 1 heteroatoms. The molecule has 1 nitrogen and oxygen atoms in total. The molecule has 8 rings (SSSR count). The fraction of sp³-hybridized carbons (Fsp3) is 0.0952. The molecule has 0 amide bonds. The maximum Gasteiger partial charge on any atom is 0.0620 e. The predicted molar refractivity (Wildman–Crippen MR) is 187 cm³/mol. The number of hydrogen-bond donors (Lipinski definition) is 0. The number of hydrogen-bond acceptors (Lipinski definition) is 0. The van der Waals surface area contributed by atoms with Crippen molar-refractivity contribution < 1.29 is 0 Å². The molecule has 0 aliphatic heterocycles. The summed E-state index contributed by atoms with van der Waals surface area (Å²) in [6.07, 6.45) is 19.1. The van der Waals surface area contributed by atoms with Crippen LogP contribution in [0.5, 0.6) is 0 Å². The number of rotatable bonds is 3. The molecule has 0 saturated carbocycles. The molecule has 0 radical (unpaired) electrons. The molecule has 206 valence electrons. The van der Waals surface area contributed by atoms with Gasteiger partial charge in [0, 0.05) is 21.4 Å². The number of nitrogens with zero attached hydrogens (tertiary/aromatic N) is 1. The summed E-state index contributed by atoms with van der Waals surface area (Å²) in [5.74, 6) is 0.325. The molecule has 1 aliphatic carbocycles. The molecule has 0 saturated heterocycles. The second-order valence-electron chi connectivity index (χ2n) is 11.9. The Bertz CT molecular complexity index is 2380. The summed E-state index contributed by atoms with van der Waals surface area (Å²) in [6.45, 7) is 4.48. The number of fused-ring (bicyclic) bond motifs is 7. The van der Waals surface area contributed by atoms with Gasteiger partial charge in [-0.25, -0.2) is 0 Å². The smallest absolute Gasteiger partial charge is 0.0620 e. The van der Waals surface area contributed by atoms with Gasteiger partial charge in [-0.2, -0.15) is 0 Å². The second-order valence-corrected chi connectivity index (χ2v) is 11.9. The fourth-order valence-electron chi connectivity index (χ4n) is 6.73. The molecular formula is C42H33N. The van der Waals surface area contributed by atoms with Gasteiger partial charge in [-0.1, -0.05) is 122 Å². The van der Waals surface area contributed by atoms with E-state index in [9.17, 15) is 0 Å². The van der Waals surface area contributed by atoms with Gasteiger partial charge in [-0.3, -0.25) is 0 Å². The molecule has 1 atom stereocenters. The standard InChI is InChI=1S/C42H33N/c1-28-12-6-3-4-9-17-40-36(22-28)38-25-35(34-20-18-29(2)31(23-34)21-19-30-13-7-5-8-14-30)26-39-37-24-32-15-10-11-16-33(32)27-41(37)43(40)42(38)39/h3-8,10-28H,9H2,1-2H3/b4-3-,12-6-,21-19-,36-22+,40-17+. The van der Waals surface area contributed by atoms with Gasteiger partial charge in [0.25, 0.3) is 0 Å². The van der Waals surface area contributed by atoms with Gasteiger partial charge in [-0.05, 0) is 88.2 Å². The largest absolute Gasteiger partial charge is 0.308 e. The minimum Gasteiger partial charge on any atom is -0.308 e. The van der Waals surface area contributed by atoms with Crippen LogP contribution in [0.15, 0.2) is 121 Å². The van der Waals surface area contributed by atoms with Crippen molar-refractivity contribution in [1.82, 2.24) is 4.40 Å². The van der Waals surface area contributed by atoms with E-state index >= 15 is 0 Å². The van der Waals surface area contributed by atoms with Crippen LogP contribution in [0.2, 0.25) is 0 Å². The number of benzene rings is 5. The van der Waals surface area contributed by atoms with E-state index in [0.29, 0.717) is 5.92 Å².